The molecule has 0 N–H and O–H groups in total. The van der Waals surface area contributed by atoms with E-state index in [2.05, 4.69) is 15.1 Å². The molecule has 7 nitrogen and oxygen atoms in total. The summed E-state index contributed by atoms with van der Waals surface area (Å²) >= 11 is 0. The molecule has 4 heterocycles. The number of ether oxygens (including phenoxy) is 1. The third kappa shape index (κ3) is 2.73. The lowest BCUT2D eigenvalue weighted by molar-refractivity contribution is 0.101. The number of hydrogen-bond donors (Lipinski definition) is 0. The molecule has 4 aromatic rings. The standard InChI is InChI=1S/C18H13F2N5O2/c1-10(26)13-8-22-25-9-14(20)17(23-16(13)25)24-5-3-4-15(24)12-6-11(19)7-21-18(12)27-2/h3-9H,1-2H3. The van der Waals surface area contributed by atoms with Crippen LogP contribution in [0.1, 0.15) is 17.3 Å². The van der Waals surface area contributed by atoms with Crippen LogP contribution in [0.5, 0.6) is 5.88 Å². The number of nitrogens with zero attached hydrogens (tertiary/aromatic N) is 5. The van der Waals surface area contributed by atoms with Gasteiger partial charge in [0.1, 0.15) is 5.82 Å². The Morgan fingerprint density at radius 2 is 2.07 bits per heavy atom. The lowest BCUT2D eigenvalue weighted by Gasteiger charge is -2.12. The van der Waals surface area contributed by atoms with Crippen LogP contribution in [-0.4, -0.2) is 37.0 Å². The Kier molecular flexibility index (Phi) is 3.91. The van der Waals surface area contributed by atoms with E-state index >= 15 is 0 Å². The number of methoxy groups -OCH3 is 1. The summed E-state index contributed by atoms with van der Waals surface area (Å²) in [7, 11) is 1.41. The van der Waals surface area contributed by atoms with E-state index in [0.29, 0.717) is 11.3 Å². The maximum Gasteiger partial charge on any atom is 0.222 e. The fraction of sp³-hybridized carbons (Fsp3) is 0.111. The Hall–Kier alpha value is -3.62. The normalized spacial score (nSPS) is 11.1. The molecule has 0 aliphatic heterocycles. The first-order chi connectivity index (χ1) is 13.0. The van der Waals surface area contributed by atoms with Crippen molar-refractivity contribution in [1.29, 1.82) is 0 Å². The average Bonchev–Trinajstić information content (AvgIpc) is 3.27. The highest BCUT2D eigenvalue weighted by molar-refractivity contribution is 5.99. The van der Waals surface area contributed by atoms with Crippen LogP contribution < -0.4 is 4.74 Å². The Bertz CT molecular complexity index is 1180. The van der Waals surface area contributed by atoms with Gasteiger partial charge in [-0.05, 0) is 25.1 Å². The Morgan fingerprint density at radius 1 is 1.26 bits per heavy atom. The van der Waals surface area contributed by atoms with E-state index in [1.54, 1.807) is 18.3 Å². The van der Waals surface area contributed by atoms with Crippen LogP contribution in [0.15, 0.2) is 43.0 Å². The van der Waals surface area contributed by atoms with E-state index in [-0.39, 0.29) is 28.7 Å². The Labute approximate surface area is 151 Å². The third-order valence-electron chi connectivity index (χ3n) is 4.07. The molecule has 4 rings (SSSR count). The quantitative estimate of drug-likeness (QED) is 0.517. The molecule has 136 valence electrons. The van der Waals surface area contributed by atoms with E-state index in [1.807, 2.05) is 0 Å². The minimum Gasteiger partial charge on any atom is -0.481 e. The van der Waals surface area contributed by atoms with Crippen LogP contribution in [0.2, 0.25) is 0 Å². The number of pyridine rings is 1. The molecule has 0 amide bonds. The van der Waals surface area contributed by atoms with E-state index < -0.39 is 11.6 Å². The van der Waals surface area contributed by atoms with Gasteiger partial charge in [-0.3, -0.25) is 9.36 Å². The maximum absolute atomic E-state index is 14.7. The molecule has 0 aromatic carbocycles. The molecular weight excluding hydrogens is 356 g/mol. The van der Waals surface area contributed by atoms with Crippen LogP contribution in [0.25, 0.3) is 22.7 Å². The minimum absolute atomic E-state index is 0.0585. The molecular formula is C18H13F2N5O2. The summed E-state index contributed by atoms with van der Waals surface area (Å²) in [5.74, 6) is -1.33. The average molecular weight is 369 g/mol. The molecule has 0 unspecified atom stereocenters. The van der Waals surface area contributed by atoms with Gasteiger partial charge in [-0.15, -0.1) is 0 Å². The fourth-order valence-electron chi connectivity index (χ4n) is 2.86. The lowest BCUT2D eigenvalue weighted by atomic mass is 10.2. The summed E-state index contributed by atoms with van der Waals surface area (Å²) in [4.78, 5) is 19.9. The zero-order chi connectivity index (χ0) is 19.1. The maximum atomic E-state index is 14.7. The molecule has 27 heavy (non-hydrogen) atoms. The van der Waals surface area contributed by atoms with Crippen molar-refractivity contribution in [2.75, 3.05) is 7.11 Å². The number of rotatable bonds is 4. The molecule has 0 aliphatic rings. The zero-order valence-electron chi connectivity index (χ0n) is 14.3. The van der Waals surface area contributed by atoms with Gasteiger partial charge in [0.05, 0.1) is 42.5 Å². The molecule has 0 fully saturated rings. The number of fused-ring (bicyclic) bond motifs is 1. The van der Waals surface area contributed by atoms with Crippen LogP contribution in [0.3, 0.4) is 0 Å². The highest BCUT2D eigenvalue weighted by Gasteiger charge is 2.19. The summed E-state index contributed by atoms with van der Waals surface area (Å²) in [6.07, 6.45) is 5.08. The molecule has 4 aromatic heterocycles. The number of carbonyl (C=O) groups excluding carboxylic acids is 1. The van der Waals surface area contributed by atoms with Gasteiger partial charge in [-0.2, -0.15) is 5.10 Å². The topological polar surface area (TPSA) is 74.3 Å². The smallest absolute Gasteiger partial charge is 0.222 e. The number of Topliss-reactive ketones (excluding diaryl/α,β-unsaturated/α-hetero) is 1. The van der Waals surface area contributed by atoms with E-state index in [9.17, 15) is 13.6 Å². The highest BCUT2D eigenvalue weighted by atomic mass is 19.1. The largest absolute Gasteiger partial charge is 0.481 e. The van der Waals surface area contributed by atoms with Crippen molar-refractivity contribution in [2.45, 2.75) is 6.92 Å². The first-order valence-corrected chi connectivity index (χ1v) is 7.92. The number of carbonyl (C=O) groups is 1. The van der Waals surface area contributed by atoms with Crippen molar-refractivity contribution < 1.29 is 18.3 Å². The second kappa shape index (κ2) is 6.27. The van der Waals surface area contributed by atoms with E-state index in [1.165, 1.54) is 35.4 Å². The molecule has 0 saturated carbocycles. The molecule has 9 heteroatoms. The lowest BCUT2D eigenvalue weighted by Crippen LogP contribution is -2.07. The molecule has 0 spiro atoms. The van der Waals surface area contributed by atoms with Crippen molar-refractivity contribution in [3.05, 3.63) is 60.2 Å². The molecule has 0 radical (unpaired) electrons. The molecule has 0 atom stereocenters. The Balaban J connectivity index is 1.95. The van der Waals surface area contributed by atoms with Gasteiger partial charge in [-0.25, -0.2) is 23.3 Å². The molecule has 0 aliphatic carbocycles. The van der Waals surface area contributed by atoms with Gasteiger partial charge < -0.3 is 4.74 Å². The monoisotopic (exact) mass is 369 g/mol. The summed E-state index contributed by atoms with van der Waals surface area (Å²) < 4.78 is 36.3. The van der Waals surface area contributed by atoms with Crippen molar-refractivity contribution in [1.82, 2.24) is 24.1 Å². The van der Waals surface area contributed by atoms with Gasteiger partial charge in [0.2, 0.25) is 5.88 Å². The zero-order valence-corrected chi connectivity index (χ0v) is 14.3. The molecule has 0 saturated heterocycles. The highest BCUT2D eigenvalue weighted by Crippen LogP contribution is 2.31. The van der Waals surface area contributed by atoms with Crippen molar-refractivity contribution in [3.63, 3.8) is 0 Å². The van der Waals surface area contributed by atoms with E-state index in [4.69, 9.17) is 4.74 Å². The van der Waals surface area contributed by atoms with Crippen LogP contribution in [0, 0.1) is 11.6 Å². The number of ketones is 1. The van der Waals surface area contributed by atoms with Crippen molar-refractivity contribution in [3.8, 4) is 23.0 Å². The third-order valence-corrected chi connectivity index (χ3v) is 4.07. The second-order valence-corrected chi connectivity index (χ2v) is 5.77. The SMILES string of the molecule is COc1ncc(F)cc1-c1cccn1-c1nc2c(C(C)=O)cnn2cc1F. The number of hydrogen-bond acceptors (Lipinski definition) is 5. The molecule has 0 bridgehead atoms. The summed E-state index contributed by atoms with van der Waals surface area (Å²) in [5.41, 5.74) is 1.26. The number of halogens is 2. The minimum atomic E-state index is -0.665. The summed E-state index contributed by atoms with van der Waals surface area (Å²) in [6, 6.07) is 4.56. The summed E-state index contributed by atoms with van der Waals surface area (Å²) in [5, 5.41) is 3.95. The van der Waals surface area contributed by atoms with Crippen LogP contribution in [0.4, 0.5) is 8.78 Å². The van der Waals surface area contributed by atoms with Gasteiger partial charge in [0.15, 0.2) is 23.1 Å². The van der Waals surface area contributed by atoms with E-state index in [0.717, 1.165) is 12.4 Å². The van der Waals surface area contributed by atoms with Crippen molar-refractivity contribution >= 4 is 11.4 Å². The predicted molar refractivity (Wildman–Crippen MR) is 92.0 cm³/mol. The summed E-state index contributed by atoms with van der Waals surface area (Å²) in [6.45, 7) is 1.38. The van der Waals surface area contributed by atoms with Crippen LogP contribution in [-0.2, 0) is 0 Å². The van der Waals surface area contributed by atoms with Crippen molar-refractivity contribution in [2.24, 2.45) is 0 Å². The first-order valence-electron chi connectivity index (χ1n) is 7.92. The van der Waals surface area contributed by atoms with Crippen LogP contribution >= 0.6 is 0 Å². The fourth-order valence-corrected chi connectivity index (χ4v) is 2.86. The Morgan fingerprint density at radius 3 is 2.81 bits per heavy atom. The predicted octanol–water partition coefficient (Wildman–Crippen LogP) is 3.07. The van der Waals surface area contributed by atoms with Gasteiger partial charge in [0.25, 0.3) is 0 Å². The van der Waals surface area contributed by atoms with Gasteiger partial charge in [0, 0.05) is 6.20 Å². The van der Waals surface area contributed by atoms with Gasteiger partial charge in [-0.1, -0.05) is 0 Å². The first kappa shape index (κ1) is 16.8. The number of aromatic nitrogens is 5. The second-order valence-electron chi connectivity index (χ2n) is 5.77. The van der Waals surface area contributed by atoms with Gasteiger partial charge >= 0.3 is 0 Å².